The van der Waals surface area contributed by atoms with Gasteiger partial charge >= 0.3 is 0 Å². The largest absolute Gasteiger partial charge is 0.341 e. The predicted octanol–water partition coefficient (Wildman–Crippen LogP) is 3.47. The van der Waals surface area contributed by atoms with Crippen molar-refractivity contribution in [1.82, 2.24) is 15.0 Å². The van der Waals surface area contributed by atoms with E-state index >= 15 is 0 Å². The van der Waals surface area contributed by atoms with Crippen LogP contribution in [0.15, 0.2) is 24.3 Å². The minimum Gasteiger partial charge on any atom is -0.341 e. The van der Waals surface area contributed by atoms with E-state index in [0.717, 1.165) is 43.8 Å². The van der Waals surface area contributed by atoms with Gasteiger partial charge in [-0.1, -0.05) is 17.7 Å². The third-order valence-electron chi connectivity index (χ3n) is 4.47. The SMILES string of the molecule is Clc1cccc(Nc2nc(N3CCCC3)nc(N3CCCC3)n2)c1. The highest BCUT2D eigenvalue weighted by Crippen LogP contribution is 2.25. The van der Waals surface area contributed by atoms with Crippen LogP contribution in [0.3, 0.4) is 0 Å². The van der Waals surface area contributed by atoms with Gasteiger partial charge in [-0.15, -0.1) is 0 Å². The quantitative estimate of drug-likeness (QED) is 0.916. The lowest BCUT2D eigenvalue weighted by Crippen LogP contribution is -2.25. The Morgan fingerprint density at radius 3 is 1.96 bits per heavy atom. The van der Waals surface area contributed by atoms with Crippen molar-refractivity contribution in [2.75, 3.05) is 41.3 Å². The number of hydrogen-bond donors (Lipinski definition) is 1. The number of benzene rings is 1. The molecule has 1 aromatic heterocycles. The van der Waals surface area contributed by atoms with Gasteiger partial charge in [-0.2, -0.15) is 15.0 Å². The van der Waals surface area contributed by atoms with E-state index < -0.39 is 0 Å². The maximum atomic E-state index is 6.07. The van der Waals surface area contributed by atoms with Crippen molar-refractivity contribution in [2.45, 2.75) is 25.7 Å². The van der Waals surface area contributed by atoms with Gasteiger partial charge in [0.05, 0.1) is 0 Å². The molecule has 1 aromatic carbocycles. The van der Waals surface area contributed by atoms with Crippen LogP contribution in [0.25, 0.3) is 0 Å². The molecule has 0 saturated carbocycles. The molecular weight excluding hydrogens is 324 g/mol. The molecule has 1 N–H and O–H groups in total. The van der Waals surface area contributed by atoms with Crippen molar-refractivity contribution in [3.63, 3.8) is 0 Å². The van der Waals surface area contributed by atoms with E-state index in [-0.39, 0.29) is 0 Å². The molecule has 126 valence electrons. The fourth-order valence-corrected chi connectivity index (χ4v) is 3.41. The van der Waals surface area contributed by atoms with E-state index in [2.05, 4.69) is 25.1 Å². The van der Waals surface area contributed by atoms with E-state index in [1.165, 1.54) is 25.7 Å². The summed E-state index contributed by atoms with van der Waals surface area (Å²) in [5, 5.41) is 3.96. The van der Waals surface area contributed by atoms with Crippen molar-refractivity contribution in [3.05, 3.63) is 29.3 Å². The second kappa shape index (κ2) is 6.81. The Morgan fingerprint density at radius 1 is 0.833 bits per heavy atom. The average molecular weight is 345 g/mol. The van der Waals surface area contributed by atoms with Gasteiger partial charge in [-0.3, -0.25) is 0 Å². The van der Waals surface area contributed by atoms with Gasteiger partial charge in [0, 0.05) is 36.9 Å². The normalized spacial score (nSPS) is 17.5. The first kappa shape index (κ1) is 15.4. The zero-order valence-corrected chi connectivity index (χ0v) is 14.3. The fraction of sp³-hybridized carbons (Fsp3) is 0.471. The molecule has 0 radical (unpaired) electrons. The molecule has 7 heteroatoms. The van der Waals surface area contributed by atoms with Crippen molar-refractivity contribution >= 4 is 35.1 Å². The molecule has 3 heterocycles. The molecule has 2 aliphatic heterocycles. The Hall–Kier alpha value is -2.08. The minimum atomic E-state index is 0.580. The summed E-state index contributed by atoms with van der Waals surface area (Å²) in [6, 6.07) is 7.59. The third-order valence-corrected chi connectivity index (χ3v) is 4.71. The topological polar surface area (TPSA) is 57.2 Å². The van der Waals surface area contributed by atoms with E-state index in [4.69, 9.17) is 16.6 Å². The average Bonchev–Trinajstić information content (AvgIpc) is 3.29. The standard InChI is InChI=1S/C17H21ClN6/c18-13-6-5-7-14(12-13)19-15-20-16(23-8-1-2-9-23)22-17(21-15)24-10-3-4-11-24/h5-7,12H,1-4,8-11H2,(H,19,20,21,22). The Morgan fingerprint density at radius 2 is 1.42 bits per heavy atom. The van der Waals surface area contributed by atoms with Gasteiger partial charge in [-0.05, 0) is 43.9 Å². The molecule has 0 unspecified atom stereocenters. The van der Waals surface area contributed by atoms with Crippen LogP contribution in [0.5, 0.6) is 0 Å². The van der Waals surface area contributed by atoms with Crippen molar-refractivity contribution in [3.8, 4) is 0 Å². The summed E-state index contributed by atoms with van der Waals surface area (Å²) in [5.41, 5.74) is 0.883. The van der Waals surface area contributed by atoms with E-state index in [9.17, 15) is 0 Å². The first-order valence-corrected chi connectivity index (χ1v) is 8.94. The Bertz CT molecular complexity index is 676. The van der Waals surface area contributed by atoms with Gasteiger partial charge in [0.25, 0.3) is 0 Å². The molecular formula is C17H21ClN6. The fourth-order valence-electron chi connectivity index (χ4n) is 3.22. The summed E-state index contributed by atoms with van der Waals surface area (Å²) < 4.78 is 0. The Labute approximate surface area is 146 Å². The van der Waals surface area contributed by atoms with Crippen LogP contribution < -0.4 is 15.1 Å². The maximum absolute atomic E-state index is 6.07. The summed E-state index contributed by atoms with van der Waals surface area (Å²) in [6.07, 6.45) is 4.78. The zero-order valence-electron chi connectivity index (χ0n) is 13.6. The summed E-state index contributed by atoms with van der Waals surface area (Å²) in [7, 11) is 0. The van der Waals surface area contributed by atoms with Crippen molar-refractivity contribution < 1.29 is 0 Å². The van der Waals surface area contributed by atoms with Gasteiger partial charge in [0.2, 0.25) is 17.8 Å². The smallest absolute Gasteiger partial charge is 0.233 e. The van der Waals surface area contributed by atoms with Crippen molar-refractivity contribution in [2.24, 2.45) is 0 Å². The lowest BCUT2D eigenvalue weighted by atomic mass is 10.3. The van der Waals surface area contributed by atoms with Gasteiger partial charge in [-0.25, -0.2) is 0 Å². The second-order valence-corrected chi connectivity index (χ2v) is 6.72. The third kappa shape index (κ3) is 3.38. The lowest BCUT2D eigenvalue weighted by Gasteiger charge is -2.20. The summed E-state index contributed by atoms with van der Waals surface area (Å²) in [6.45, 7) is 4.06. The maximum Gasteiger partial charge on any atom is 0.233 e. The van der Waals surface area contributed by atoms with Crippen LogP contribution in [-0.4, -0.2) is 41.1 Å². The van der Waals surface area contributed by atoms with E-state index in [1.807, 2.05) is 24.3 Å². The van der Waals surface area contributed by atoms with Gasteiger partial charge < -0.3 is 15.1 Å². The number of anilines is 4. The molecule has 4 rings (SSSR count). The van der Waals surface area contributed by atoms with E-state index in [1.54, 1.807) is 0 Å². The Balaban J connectivity index is 1.66. The number of rotatable bonds is 4. The van der Waals surface area contributed by atoms with Crippen LogP contribution in [0.1, 0.15) is 25.7 Å². The number of halogens is 1. The van der Waals surface area contributed by atoms with Crippen molar-refractivity contribution in [1.29, 1.82) is 0 Å². The Kier molecular flexibility index (Phi) is 4.38. The highest BCUT2D eigenvalue weighted by atomic mass is 35.5. The molecule has 2 aromatic rings. The monoisotopic (exact) mass is 344 g/mol. The molecule has 0 bridgehead atoms. The van der Waals surface area contributed by atoms with Gasteiger partial charge in [0.15, 0.2) is 0 Å². The minimum absolute atomic E-state index is 0.580. The summed E-state index contributed by atoms with van der Waals surface area (Å²) >= 11 is 6.07. The number of nitrogens with one attached hydrogen (secondary N) is 1. The number of nitrogens with zero attached hydrogens (tertiary/aromatic N) is 5. The zero-order chi connectivity index (χ0) is 16.4. The van der Waals surface area contributed by atoms with Crippen LogP contribution >= 0.6 is 11.6 Å². The second-order valence-electron chi connectivity index (χ2n) is 6.28. The molecule has 0 aliphatic carbocycles. The molecule has 0 amide bonds. The number of hydrogen-bond acceptors (Lipinski definition) is 6. The summed E-state index contributed by atoms with van der Waals surface area (Å²) in [5.74, 6) is 2.12. The molecule has 2 aliphatic rings. The predicted molar refractivity (Wildman–Crippen MR) is 97.5 cm³/mol. The van der Waals surface area contributed by atoms with Crippen LogP contribution in [-0.2, 0) is 0 Å². The molecule has 2 fully saturated rings. The summed E-state index contributed by atoms with van der Waals surface area (Å²) in [4.78, 5) is 18.5. The first-order valence-electron chi connectivity index (χ1n) is 8.56. The molecule has 6 nitrogen and oxygen atoms in total. The molecule has 0 spiro atoms. The molecule has 2 saturated heterocycles. The number of aromatic nitrogens is 3. The highest BCUT2D eigenvalue weighted by Gasteiger charge is 2.21. The van der Waals surface area contributed by atoms with Crippen LogP contribution in [0.4, 0.5) is 23.5 Å². The molecule has 24 heavy (non-hydrogen) atoms. The highest BCUT2D eigenvalue weighted by molar-refractivity contribution is 6.30. The van der Waals surface area contributed by atoms with Crippen LogP contribution in [0.2, 0.25) is 5.02 Å². The van der Waals surface area contributed by atoms with Gasteiger partial charge in [0.1, 0.15) is 0 Å². The first-order chi connectivity index (χ1) is 11.8. The van der Waals surface area contributed by atoms with E-state index in [0.29, 0.717) is 11.0 Å². The lowest BCUT2D eigenvalue weighted by molar-refractivity contribution is 0.841. The molecule has 0 atom stereocenters. The van der Waals surface area contributed by atoms with Crippen LogP contribution in [0, 0.1) is 0 Å².